The predicted octanol–water partition coefficient (Wildman–Crippen LogP) is 2.52. The molecule has 0 aliphatic carbocycles. The van der Waals surface area contributed by atoms with Crippen LogP contribution in [0.1, 0.15) is 17.5 Å². The third-order valence-electron chi connectivity index (χ3n) is 4.93. The molecule has 1 aliphatic rings. The van der Waals surface area contributed by atoms with Gasteiger partial charge < -0.3 is 15.5 Å². The van der Waals surface area contributed by atoms with Crippen molar-refractivity contribution in [1.29, 1.82) is 0 Å². The quantitative estimate of drug-likeness (QED) is 0.622. The number of imidazole rings is 1. The number of nitrogens with one attached hydrogen (secondary N) is 2. The highest BCUT2D eigenvalue weighted by Gasteiger charge is 2.17. The van der Waals surface area contributed by atoms with Crippen molar-refractivity contribution < 1.29 is 4.79 Å². The Morgan fingerprint density at radius 1 is 1.11 bits per heavy atom. The number of carbonyl (C=O) groups excluding carboxylic acids is 1. The zero-order valence-corrected chi connectivity index (χ0v) is 15.7. The van der Waals surface area contributed by atoms with E-state index in [4.69, 9.17) is 0 Å². The highest BCUT2D eigenvalue weighted by atomic mass is 16.2. The first-order valence-corrected chi connectivity index (χ1v) is 9.58. The van der Waals surface area contributed by atoms with E-state index < -0.39 is 0 Å². The van der Waals surface area contributed by atoms with Gasteiger partial charge in [0.1, 0.15) is 12.1 Å². The molecule has 2 amide bonds. The lowest BCUT2D eigenvalue weighted by Gasteiger charge is -2.19. The number of aromatic nitrogens is 3. The standard InChI is InChI=1S/C21H24N6O/c28-21(24-10-4-12-26-13-8-17-5-1-2-7-19(17)26)25-15-18-6-3-9-23-20(18)27-14-11-22-16-27/h1-3,5-7,9,11,14,16H,4,8,10,12-13,15H2,(H2,24,25,28). The molecule has 28 heavy (non-hydrogen) atoms. The summed E-state index contributed by atoms with van der Waals surface area (Å²) in [7, 11) is 0. The first-order valence-electron chi connectivity index (χ1n) is 9.58. The fraction of sp³-hybridized carbons (Fsp3) is 0.286. The summed E-state index contributed by atoms with van der Waals surface area (Å²) in [5.41, 5.74) is 3.68. The molecule has 7 heteroatoms. The second kappa shape index (κ2) is 8.56. The monoisotopic (exact) mass is 376 g/mol. The van der Waals surface area contributed by atoms with Gasteiger partial charge >= 0.3 is 6.03 Å². The fourth-order valence-corrected chi connectivity index (χ4v) is 3.53. The van der Waals surface area contributed by atoms with Crippen molar-refractivity contribution in [2.24, 2.45) is 0 Å². The van der Waals surface area contributed by atoms with Crippen LogP contribution in [0.15, 0.2) is 61.3 Å². The molecule has 3 heterocycles. The summed E-state index contributed by atoms with van der Waals surface area (Å²) >= 11 is 0. The number of benzene rings is 1. The fourth-order valence-electron chi connectivity index (χ4n) is 3.53. The second-order valence-corrected chi connectivity index (χ2v) is 6.78. The number of anilines is 1. The van der Waals surface area contributed by atoms with Crippen LogP contribution in [-0.2, 0) is 13.0 Å². The van der Waals surface area contributed by atoms with Gasteiger partial charge in [-0.25, -0.2) is 14.8 Å². The Morgan fingerprint density at radius 3 is 2.93 bits per heavy atom. The van der Waals surface area contributed by atoms with Gasteiger partial charge in [-0.15, -0.1) is 0 Å². The number of nitrogens with zero attached hydrogens (tertiary/aromatic N) is 4. The lowest BCUT2D eigenvalue weighted by atomic mass is 10.2. The molecule has 0 atom stereocenters. The van der Waals surface area contributed by atoms with E-state index in [0.717, 1.165) is 37.3 Å². The summed E-state index contributed by atoms with van der Waals surface area (Å²) in [5.74, 6) is 0.771. The van der Waals surface area contributed by atoms with Crippen molar-refractivity contribution in [2.75, 3.05) is 24.5 Å². The molecule has 7 nitrogen and oxygen atoms in total. The highest BCUT2D eigenvalue weighted by molar-refractivity contribution is 5.73. The zero-order chi connectivity index (χ0) is 19.2. The van der Waals surface area contributed by atoms with Crippen molar-refractivity contribution in [1.82, 2.24) is 25.2 Å². The average molecular weight is 376 g/mol. The van der Waals surface area contributed by atoms with Crippen molar-refractivity contribution >= 4 is 11.7 Å². The summed E-state index contributed by atoms with van der Waals surface area (Å²) in [6, 6.07) is 12.2. The Kier molecular flexibility index (Phi) is 5.51. The normalized spacial score (nSPS) is 12.6. The first kappa shape index (κ1) is 18.0. The van der Waals surface area contributed by atoms with E-state index in [0.29, 0.717) is 13.1 Å². The van der Waals surface area contributed by atoms with Gasteiger partial charge in [0.05, 0.1) is 0 Å². The third-order valence-corrected chi connectivity index (χ3v) is 4.93. The molecule has 1 aliphatic heterocycles. The van der Waals surface area contributed by atoms with E-state index in [2.05, 4.69) is 49.8 Å². The molecular formula is C21H24N6O. The Labute approximate surface area is 164 Å². The van der Waals surface area contributed by atoms with E-state index in [-0.39, 0.29) is 6.03 Å². The van der Waals surface area contributed by atoms with Crippen LogP contribution in [0.3, 0.4) is 0 Å². The zero-order valence-electron chi connectivity index (χ0n) is 15.7. The van der Waals surface area contributed by atoms with Gasteiger partial charge in [-0.3, -0.25) is 4.57 Å². The van der Waals surface area contributed by atoms with Gasteiger partial charge in [0, 0.05) is 56.0 Å². The summed E-state index contributed by atoms with van der Waals surface area (Å²) in [5, 5.41) is 5.85. The van der Waals surface area contributed by atoms with Crippen molar-refractivity contribution in [3.05, 3.63) is 72.4 Å². The van der Waals surface area contributed by atoms with E-state index in [1.807, 2.05) is 22.9 Å². The summed E-state index contributed by atoms with van der Waals surface area (Å²) < 4.78 is 1.84. The maximum atomic E-state index is 12.1. The maximum Gasteiger partial charge on any atom is 0.315 e. The van der Waals surface area contributed by atoms with Crippen molar-refractivity contribution in [2.45, 2.75) is 19.4 Å². The maximum absolute atomic E-state index is 12.1. The molecule has 0 unspecified atom stereocenters. The number of hydrogen-bond acceptors (Lipinski definition) is 4. The molecule has 0 radical (unpaired) electrons. The van der Waals surface area contributed by atoms with Crippen LogP contribution in [0.4, 0.5) is 10.5 Å². The molecular weight excluding hydrogens is 352 g/mol. The topological polar surface area (TPSA) is 75.1 Å². The van der Waals surface area contributed by atoms with Crippen LogP contribution in [0.25, 0.3) is 5.82 Å². The molecule has 2 aromatic heterocycles. The molecule has 0 bridgehead atoms. The lowest BCUT2D eigenvalue weighted by Crippen LogP contribution is -2.37. The number of urea groups is 1. The smallest absolute Gasteiger partial charge is 0.315 e. The largest absolute Gasteiger partial charge is 0.371 e. The van der Waals surface area contributed by atoms with Gasteiger partial charge in [0.25, 0.3) is 0 Å². The number of hydrogen-bond donors (Lipinski definition) is 2. The number of carbonyl (C=O) groups is 1. The molecule has 144 valence electrons. The van der Waals surface area contributed by atoms with E-state index in [9.17, 15) is 4.79 Å². The Hall–Kier alpha value is -3.35. The predicted molar refractivity (Wildman–Crippen MR) is 109 cm³/mol. The molecule has 4 rings (SSSR count). The third kappa shape index (κ3) is 4.14. The van der Waals surface area contributed by atoms with Crippen LogP contribution in [0.2, 0.25) is 0 Å². The van der Waals surface area contributed by atoms with Crippen molar-refractivity contribution in [3.63, 3.8) is 0 Å². The second-order valence-electron chi connectivity index (χ2n) is 6.78. The van der Waals surface area contributed by atoms with Crippen LogP contribution >= 0.6 is 0 Å². The number of fused-ring (bicyclic) bond motifs is 1. The molecule has 2 N–H and O–H groups in total. The van der Waals surface area contributed by atoms with Crippen LogP contribution in [0.5, 0.6) is 0 Å². The van der Waals surface area contributed by atoms with E-state index in [1.165, 1.54) is 11.3 Å². The minimum absolute atomic E-state index is 0.165. The minimum atomic E-state index is -0.165. The van der Waals surface area contributed by atoms with Gasteiger partial charge in [-0.1, -0.05) is 24.3 Å². The van der Waals surface area contributed by atoms with Crippen LogP contribution in [0, 0.1) is 0 Å². The molecule has 1 aromatic carbocycles. The Morgan fingerprint density at radius 2 is 2.04 bits per heavy atom. The van der Waals surface area contributed by atoms with Gasteiger partial charge in [0.2, 0.25) is 0 Å². The molecule has 3 aromatic rings. The van der Waals surface area contributed by atoms with E-state index >= 15 is 0 Å². The number of para-hydroxylation sites is 1. The first-order chi connectivity index (χ1) is 13.8. The summed E-state index contributed by atoms with van der Waals surface area (Å²) in [6.45, 7) is 3.06. The van der Waals surface area contributed by atoms with Crippen molar-refractivity contribution in [3.8, 4) is 5.82 Å². The van der Waals surface area contributed by atoms with E-state index in [1.54, 1.807) is 18.7 Å². The van der Waals surface area contributed by atoms with Gasteiger partial charge in [-0.2, -0.15) is 0 Å². The summed E-state index contributed by atoms with van der Waals surface area (Å²) in [4.78, 5) is 23.0. The average Bonchev–Trinajstić information content (AvgIpc) is 3.40. The number of pyridine rings is 1. The molecule has 0 spiro atoms. The van der Waals surface area contributed by atoms with Gasteiger partial charge in [0.15, 0.2) is 0 Å². The highest BCUT2D eigenvalue weighted by Crippen LogP contribution is 2.27. The minimum Gasteiger partial charge on any atom is -0.371 e. The molecule has 0 saturated carbocycles. The van der Waals surface area contributed by atoms with Crippen LogP contribution < -0.4 is 15.5 Å². The molecule has 0 fully saturated rings. The Bertz CT molecular complexity index is 924. The van der Waals surface area contributed by atoms with Gasteiger partial charge in [-0.05, 0) is 30.5 Å². The Balaban J connectivity index is 1.21. The lowest BCUT2D eigenvalue weighted by molar-refractivity contribution is 0.240. The molecule has 0 saturated heterocycles. The SMILES string of the molecule is O=C(NCCCN1CCc2ccccc21)NCc1cccnc1-n1ccnc1. The number of rotatable bonds is 7. The van der Waals surface area contributed by atoms with Crippen LogP contribution in [-0.4, -0.2) is 40.2 Å². The number of amides is 2. The summed E-state index contributed by atoms with van der Waals surface area (Å²) in [6.07, 6.45) is 8.99.